The third kappa shape index (κ3) is 2.86. The number of rotatable bonds is 6. The summed E-state index contributed by atoms with van der Waals surface area (Å²) >= 11 is 0. The van der Waals surface area contributed by atoms with E-state index >= 15 is 0 Å². The Morgan fingerprint density at radius 3 is 2.70 bits per heavy atom. The number of carbonyl (C=O) groups excluding carboxylic acids is 2. The number of hydrogen-bond acceptors (Lipinski definition) is 5. The molecule has 0 fully saturated rings. The van der Waals surface area contributed by atoms with Crippen LogP contribution in [0.15, 0.2) is 18.3 Å². The van der Waals surface area contributed by atoms with Crippen LogP contribution in [-0.4, -0.2) is 49.0 Å². The minimum Gasteiger partial charge on any atom is -0.272 e. The number of nitrogens with zero attached hydrogens (tertiary/aromatic N) is 2. The van der Waals surface area contributed by atoms with Gasteiger partial charge >= 0.3 is 0 Å². The zero-order valence-electron chi connectivity index (χ0n) is 11.0. The predicted octanol–water partition coefficient (Wildman–Crippen LogP) is 0.00700. The summed E-state index contributed by atoms with van der Waals surface area (Å²) in [5.74, 6) is -0.899. The fraction of sp³-hybridized carbons (Fsp3) is 0.417. The summed E-state index contributed by atoms with van der Waals surface area (Å²) in [5.41, 5.74) is 0.378. The molecule has 1 aliphatic rings. The molecule has 0 saturated heterocycles. The maximum atomic E-state index is 12.0. The lowest BCUT2D eigenvalue weighted by molar-refractivity contribution is 0.0655. The Morgan fingerprint density at radius 1 is 1.30 bits per heavy atom. The second-order valence-corrected chi connectivity index (χ2v) is 6.30. The normalized spacial score (nSPS) is 14.8. The van der Waals surface area contributed by atoms with Gasteiger partial charge in [0.05, 0.1) is 11.3 Å². The van der Waals surface area contributed by atoms with Crippen LogP contribution >= 0.6 is 0 Å². The molecule has 0 radical (unpaired) electrons. The predicted molar refractivity (Wildman–Crippen MR) is 71.7 cm³/mol. The van der Waals surface area contributed by atoms with Crippen molar-refractivity contribution < 1.29 is 18.0 Å². The van der Waals surface area contributed by atoms with Crippen LogP contribution in [0.2, 0.25) is 0 Å². The molecule has 7 nitrogen and oxygen atoms in total. The number of pyridine rings is 1. The molecule has 0 spiro atoms. The lowest BCUT2D eigenvalue weighted by atomic mass is 10.2. The van der Waals surface area contributed by atoms with E-state index in [2.05, 4.69) is 9.71 Å². The van der Waals surface area contributed by atoms with Gasteiger partial charge in [0.2, 0.25) is 10.0 Å². The Balaban J connectivity index is 2.00. The first-order valence-corrected chi connectivity index (χ1v) is 7.90. The Bertz CT molecular complexity index is 607. The number of carbonyl (C=O) groups is 2. The SMILES string of the molecule is CCCS(=O)(=O)NCCN1C(=O)c2cccnc2C1=O. The molecule has 0 bridgehead atoms. The van der Waals surface area contributed by atoms with Crippen molar-refractivity contribution in [3.63, 3.8) is 0 Å². The van der Waals surface area contributed by atoms with Gasteiger partial charge in [-0.05, 0) is 18.6 Å². The number of hydrogen-bond donors (Lipinski definition) is 1. The molecule has 2 heterocycles. The van der Waals surface area contributed by atoms with E-state index in [9.17, 15) is 18.0 Å². The largest absolute Gasteiger partial charge is 0.280 e. The fourth-order valence-electron chi connectivity index (χ4n) is 1.97. The fourth-order valence-corrected chi connectivity index (χ4v) is 3.05. The highest BCUT2D eigenvalue weighted by atomic mass is 32.2. The van der Waals surface area contributed by atoms with Crippen LogP contribution in [0.3, 0.4) is 0 Å². The van der Waals surface area contributed by atoms with Crippen molar-refractivity contribution in [3.05, 3.63) is 29.6 Å². The van der Waals surface area contributed by atoms with Gasteiger partial charge in [-0.3, -0.25) is 19.5 Å². The Morgan fingerprint density at radius 2 is 2.05 bits per heavy atom. The topological polar surface area (TPSA) is 96.4 Å². The molecule has 2 amide bonds. The van der Waals surface area contributed by atoms with Gasteiger partial charge in [0.15, 0.2) is 0 Å². The van der Waals surface area contributed by atoms with Crippen LogP contribution in [0, 0.1) is 0 Å². The van der Waals surface area contributed by atoms with Crippen LogP contribution in [-0.2, 0) is 10.0 Å². The average Bonchev–Trinajstić information content (AvgIpc) is 2.64. The molecule has 1 aromatic heterocycles. The third-order valence-corrected chi connectivity index (χ3v) is 4.45. The maximum absolute atomic E-state index is 12.0. The first-order chi connectivity index (χ1) is 9.46. The lowest BCUT2D eigenvalue weighted by Crippen LogP contribution is -2.38. The zero-order valence-corrected chi connectivity index (χ0v) is 11.8. The summed E-state index contributed by atoms with van der Waals surface area (Å²) in [5, 5.41) is 0. The molecule has 0 aromatic carbocycles. The number of imide groups is 1. The van der Waals surface area contributed by atoms with E-state index in [4.69, 9.17) is 0 Å². The van der Waals surface area contributed by atoms with Crippen molar-refractivity contribution in [3.8, 4) is 0 Å². The molecule has 1 aromatic rings. The van der Waals surface area contributed by atoms with Crippen LogP contribution in [0.5, 0.6) is 0 Å². The average molecular weight is 297 g/mol. The van der Waals surface area contributed by atoms with Crippen LogP contribution < -0.4 is 4.72 Å². The molecule has 0 saturated carbocycles. The quantitative estimate of drug-likeness (QED) is 0.746. The monoisotopic (exact) mass is 297 g/mol. The van der Waals surface area contributed by atoms with E-state index < -0.39 is 21.8 Å². The van der Waals surface area contributed by atoms with Gasteiger partial charge in [-0.2, -0.15) is 0 Å². The van der Waals surface area contributed by atoms with Gasteiger partial charge in [0.25, 0.3) is 11.8 Å². The maximum Gasteiger partial charge on any atom is 0.280 e. The highest BCUT2D eigenvalue weighted by Crippen LogP contribution is 2.19. The summed E-state index contributed by atoms with van der Waals surface area (Å²) in [7, 11) is -3.34. The minimum atomic E-state index is -3.34. The second kappa shape index (κ2) is 5.68. The molecular weight excluding hydrogens is 282 g/mol. The van der Waals surface area contributed by atoms with Crippen molar-refractivity contribution in [1.29, 1.82) is 0 Å². The van der Waals surface area contributed by atoms with Crippen molar-refractivity contribution in [2.24, 2.45) is 0 Å². The summed E-state index contributed by atoms with van der Waals surface area (Å²) < 4.78 is 25.3. The Hall–Kier alpha value is -1.80. The molecule has 1 aliphatic heterocycles. The molecule has 108 valence electrons. The first-order valence-electron chi connectivity index (χ1n) is 6.25. The number of amides is 2. The van der Waals surface area contributed by atoms with E-state index in [-0.39, 0.29) is 30.1 Å². The van der Waals surface area contributed by atoms with E-state index in [1.165, 1.54) is 12.3 Å². The molecule has 8 heteroatoms. The highest BCUT2D eigenvalue weighted by molar-refractivity contribution is 7.89. The molecule has 0 unspecified atom stereocenters. The van der Waals surface area contributed by atoms with Gasteiger partial charge in [0.1, 0.15) is 5.69 Å². The number of nitrogens with one attached hydrogen (secondary N) is 1. The van der Waals surface area contributed by atoms with E-state index in [1.54, 1.807) is 13.0 Å². The van der Waals surface area contributed by atoms with E-state index in [1.807, 2.05) is 0 Å². The summed E-state index contributed by atoms with van der Waals surface area (Å²) in [6.45, 7) is 1.76. The van der Waals surface area contributed by atoms with Gasteiger partial charge in [-0.15, -0.1) is 0 Å². The van der Waals surface area contributed by atoms with E-state index in [0.717, 1.165) is 4.90 Å². The molecule has 0 aliphatic carbocycles. The number of aromatic nitrogens is 1. The van der Waals surface area contributed by atoms with Gasteiger partial charge in [0, 0.05) is 19.3 Å². The lowest BCUT2D eigenvalue weighted by Gasteiger charge is -2.13. The highest BCUT2D eigenvalue weighted by Gasteiger charge is 2.36. The van der Waals surface area contributed by atoms with Gasteiger partial charge in [-0.25, -0.2) is 13.1 Å². The van der Waals surface area contributed by atoms with Crippen LogP contribution in [0.25, 0.3) is 0 Å². The Kier molecular flexibility index (Phi) is 4.15. The van der Waals surface area contributed by atoms with Gasteiger partial charge < -0.3 is 0 Å². The molecule has 1 N–H and O–H groups in total. The van der Waals surface area contributed by atoms with Crippen molar-refractivity contribution >= 4 is 21.8 Å². The second-order valence-electron chi connectivity index (χ2n) is 4.37. The van der Waals surface area contributed by atoms with Gasteiger partial charge in [-0.1, -0.05) is 6.92 Å². The van der Waals surface area contributed by atoms with Crippen LogP contribution in [0.4, 0.5) is 0 Å². The number of fused-ring (bicyclic) bond motifs is 1. The molecule has 2 rings (SSSR count). The smallest absolute Gasteiger partial charge is 0.272 e. The minimum absolute atomic E-state index is 0.00301. The number of sulfonamides is 1. The zero-order chi connectivity index (χ0) is 14.8. The molecule has 20 heavy (non-hydrogen) atoms. The molecule has 0 atom stereocenters. The van der Waals surface area contributed by atoms with Crippen molar-refractivity contribution in [1.82, 2.24) is 14.6 Å². The summed E-state index contributed by atoms with van der Waals surface area (Å²) in [6.07, 6.45) is 1.95. The first kappa shape index (κ1) is 14.6. The Labute approximate surface area is 117 Å². The third-order valence-electron chi connectivity index (χ3n) is 2.86. The summed E-state index contributed by atoms with van der Waals surface area (Å²) in [4.78, 5) is 28.8. The van der Waals surface area contributed by atoms with Crippen molar-refractivity contribution in [2.45, 2.75) is 13.3 Å². The summed E-state index contributed by atoms with van der Waals surface area (Å²) in [6, 6.07) is 3.11. The van der Waals surface area contributed by atoms with E-state index in [0.29, 0.717) is 6.42 Å². The van der Waals surface area contributed by atoms with Crippen LogP contribution in [0.1, 0.15) is 34.2 Å². The standard InChI is InChI=1S/C12H15N3O4S/c1-2-8-20(18,19)14-6-7-15-11(16)9-4-3-5-13-10(9)12(15)17/h3-5,14H,2,6-8H2,1H3. The van der Waals surface area contributed by atoms with Crippen molar-refractivity contribution in [2.75, 3.05) is 18.8 Å². The molecular formula is C12H15N3O4S.